The number of amides is 1. The second kappa shape index (κ2) is 5.40. The first-order valence-electron chi connectivity index (χ1n) is 6.48. The Balaban J connectivity index is 1.90. The molecule has 0 spiro atoms. The number of carbonyl (C=O) groups excluding carboxylic acids is 1. The second-order valence-corrected chi connectivity index (χ2v) is 4.66. The molecule has 0 saturated heterocycles. The molecule has 2 heterocycles. The van der Waals surface area contributed by atoms with E-state index in [-0.39, 0.29) is 17.2 Å². The van der Waals surface area contributed by atoms with E-state index in [1.165, 1.54) is 10.7 Å². The van der Waals surface area contributed by atoms with E-state index in [9.17, 15) is 9.18 Å². The average molecular weight is 301 g/mol. The molecule has 3 rings (SSSR count). The number of halogens is 1. The molecule has 0 atom stereocenters. The lowest BCUT2D eigenvalue weighted by Crippen LogP contribution is -2.14. The third-order valence-electron chi connectivity index (χ3n) is 3.06. The minimum atomic E-state index is -0.492. The Morgan fingerprint density at radius 2 is 2.09 bits per heavy atom. The number of rotatable bonds is 3. The molecule has 0 aliphatic heterocycles. The largest absolute Gasteiger partial charge is 0.360 e. The lowest BCUT2D eigenvalue weighted by molar-refractivity contribution is 0.102. The van der Waals surface area contributed by atoms with Gasteiger partial charge in [0.15, 0.2) is 11.5 Å². The monoisotopic (exact) mass is 301 g/mol. The van der Waals surface area contributed by atoms with Crippen LogP contribution < -0.4 is 5.32 Å². The van der Waals surface area contributed by atoms with Gasteiger partial charge in [0.25, 0.3) is 5.91 Å². The van der Waals surface area contributed by atoms with E-state index >= 15 is 0 Å². The van der Waals surface area contributed by atoms with E-state index in [4.69, 9.17) is 4.52 Å². The van der Waals surface area contributed by atoms with Crippen LogP contribution in [-0.2, 0) is 0 Å². The summed E-state index contributed by atoms with van der Waals surface area (Å²) in [5.41, 5.74) is 0.732. The molecule has 0 saturated carbocycles. The van der Waals surface area contributed by atoms with Crippen molar-refractivity contribution in [2.75, 3.05) is 5.32 Å². The van der Waals surface area contributed by atoms with Gasteiger partial charge < -0.3 is 9.84 Å². The number of para-hydroxylation sites is 1. The number of hydrogen-bond donors (Lipinski definition) is 1. The van der Waals surface area contributed by atoms with Crippen molar-refractivity contribution in [3.63, 3.8) is 0 Å². The first-order valence-corrected chi connectivity index (χ1v) is 6.48. The molecule has 0 fully saturated rings. The summed E-state index contributed by atoms with van der Waals surface area (Å²) in [7, 11) is 0. The zero-order valence-electron chi connectivity index (χ0n) is 11.9. The van der Waals surface area contributed by atoms with Crippen molar-refractivity contribution in [2.24, 2.45) is 0 Å². The number of hydrogen-bond acceptors (Lipinski definition) is 5. The van der Waals surface area contributed by atoms with Gasteiger partial charge in [-0.15, -0.1) is 5.10 Å². The van der Waals surface area contributed by atoms with Gasteiger partial charge in [0, 0.05) is 6.07 Å². The quantitative estimate of drug-likeness (QED) is 0.802. The van der Waals surface area contributed by atoms with Crippen molar-refractivity contribution in [1.29, 1.82) is 0 Å². The first-order chi connectivity index (χ1) is 10.6. The highest BCUT2D eigenvalue weighted by Crippen LogP contribution is 2.16. The predicted octanol–water partition coefficient (Wildman–Crippen LogP) is 2.26. The SMILES string of the molecule is Cc1cc(NC(=O)c2nnn(-c3ccccc3F)c2C)no1. The second-order valence-electron chi connectivity index (χ2n) is 4.66. The topological polar surface area (TPSA) is 85.8 Å². The number of nitrogens with zero attached hydrogens (tertiary/aromatic N) is 4. The van der Waals surface area contributed by atoms with Gasteiger partial charge in [0.2, 0.25) is 0 Å². The van der Waals surface area contributed by atoms with Gasteiger partial charge in [-0.3, -0.25) is 4.79 Å². The third-order valence-corrected chi connectivity index (χ3v) is 3.06. The first kappa shape index (κ1) is 13.9. The van der Waals surface area contributed by atoms with Gasteiger partial charge >= 0.3 is 0 Å². The maximum atomic E-state index is 13.8. The van der Waals surface area contributed by atoms with Crippen molar-refractivity contribution >= 4 is 11.7 Å². The van der Waals surface area contributed by atoms with Crippen molar-refractivity contribution in [2.45, 2.75) is 13.8 Å². The minimum Gasteiger partial charge on any atom is -0.360 e. The van der Waals surface area contributed by atoms with Crippen molar-refractivity contribution in [3.8, 4) is 5.69 Å². The molecule has 1 N–H and O–H groups in total. The minimum absolute atomic E-state index is 0.0870. The Morgan fingerprint density at radius 3 is 2.77 bits per heavy atom. The van der Waals surface area contributed by atoms with Crippen LogP contribution in [-0.4, -0.2) is 26.1 Å². The molecule has 0 aliphatic carbocycles. The van der Waals surface area contributed by atoms with Crippen molar-refractivity contribution < 1.29 is 13.7 Å². The maximum absolute atomic E-state index is 13.8. The van der Waals surface area contributed by atoms with Gasteiger partial charge in [-0.2, -0.15) is 0 Å². The predicted molar refractivity (Wildman–Crippen MR) is 75.2 cm³/mol. The molecule has 0 radical (unpaired) electrons. The molecule has 22 heavy (non-hydrogen) atoms. The zero-order chi connectivity index (χ0) is 15.7. The maximum Gasteiger partial charge on any atom is 0.279 e. The summed E-state index contributed by atoms with van der Waals surface area (Å²) in [5.74, 6) is -0.0904. The van der Waals surface area contributed by atoms with E-state index in [2.05, 4.69) is 20.8 Å². The van der Waals surface area contributed by atoms with E-state index in [0.717, 1.165) is 0 Å². The van der Waals surface area contributed by atoms with Crippen LogP contribution in [0.5, 0.6) is 0 Å². The molecule has 1 amide bonds. The van der Waals surface area contributed by atoms with Gasteiger partial charge in [-0.1, -0.05) is 22.5 Å². The van der Waals surface area contributed by atoms with Crippen LogP contribution in [0.3, 0.4) is 0 Å². The van der Waals surface area contributed by atoms with Gasteiger partial charge in [0.05, 0.1) is 5.69 Å². The lowest BCUT2D eigenvalue weighted by atomic mass is 10.2. The van der Waals surface area contributed by atoms with Crippen molar-refractivity contribution in [1.82, 2.24) is 20.2 Å². The van der Waals surface area contributed by atoms with Crippen LogP contribution in [0.15, 0.2) is 34.9 Å². The Hall–Kier alpha value is -3.03. The summed E-state index contributed by atoms with van der Waals surface area (Å²) in [5, 5.41) is 13.9. The molecular weight excluding hydrogens is 289 g/mol. The Labute approximate surface area is 124 Å². The zero-order valence-corrected chi connectivity index (χ0v) is 11.9. The fourth-order valence-corrected chi connectivity index (χ4v) is 1.99. The van der Waals surface area contributed by atoms with Crippen LogP contribution in [0.2, 0.25) is 0 Å². The Morgan fingerprint density at radius 1 is 1.32 bits per heavy atom. The van der Waals surface area contributed by atoms with E-state index in [1.54, 1.807) is 38.1 Å². The highest BCUT2D eigenvalue weighted by Gasteiger charge is 2.19. The summed E-state index contributed by atoms with van der Waals surface area (Å²) in [6, 6.07) is 7.70. The molecule has 1 aromatic carbocycles. The van der Waals surface area contributed by atoms with Crippen LogP contribution >= 0.6 is 0 Å². The molecule has 3 aromatic rings. The lowest BCUT2D eigenvalue weighted by Gasteiger charge is -2.04. The summed E-state index contributed by atoms with van der Waals surface area (Å²) < 4.78 is 19.9. The van der Waals surface area contributed by atoms with Gasteiger partial charge in [-0.25, -0.2) is 9.07 Å². The normalized spacial score (nSPS) is 10.7. The standard InChI is InChI=1S/C14H12FN5O2/c1-8-7-12(18-22-8)16-14(21)13-9(2)20(19-17-13)11-6-4-3-5-10(11)15/h3-7H,1-2H3,(H,16,18,21). The van der Waals surface area contributed by atoms with Crippen LogP contribution in [0.25, 0.3) is 5.69 Å². The van der Waals surface area contributed by atoms with Crippen molar-refractivity contribution in [3.05, 3.63) is 53.3 Å². The fourth-order valence-electron chi connectivity index (χ4n) is 1.99. The summed E-state index contributed by atoms with van der Waals surface area (Å²) in [6.07, 6.45) is 0. The van der Waals surface area contributed by atoms with Gasteiger partial charge in [0.1, 0.15) is 17.3 Å². The molecular formula is C14H12FN5O2. The van der Waals surface area contributed by atoms with E-state index in [1.807, 2.05) is 0 Å². The fraction of sp³-hybridized carbons (Fsp3) is 0.143. The summed E-state index contributed by atoms with van der Waals surface area (Å²) in [4.78, 5) is 12.2. The van der Waals surface area contributed by atoms with Crippen LogP contribution in [0.1, 0.15) is 21.9 Å². The number of benzene rings is 1. The number of aromatic nitrogens is 4. The third kappa shape index (κ3) is 2.46. The number of aryl methyl sites for hydroxylation is 1. The number of nitrogens with one attached hydrogen (secondary N) is 1. The number of anilines is 1. The van der Waals surface area contributed by atoms with Gasteiger partial charge in [-0.05, 0) is 26.0 Å². The Kier molecular flexibility index (Phi) is 3.42. The number of carbonyl (C=O) groups is 1. The smallest absolute Gasteiger partial charge is 0.279 e. The molecule has 8 heteroatoms. The van der Waals surface area contributed by atoms with Crippen LogP contribution in [0, 0.1) is 19.7 Å². The highest BCUT2D eigenvalue weighted by molar-refractivity contribution is 6.03. The molecule has 2 aromatic heterocycles. The average Bonchev–Trinajstić information content (AvgIpc) is 3.06. The summed E-state index contributed by atoms with van der Waals surface area (Å²) in [6.45, 7) is 3.35. The Bertz CT molecular complexity index is 839. The van der Waals surface area contributed by atoms with E-state index in [0.29, 0.717) is 11.5 Å². The molecule has 0 bridgehead atoms. The molecule has 112 valence electrons. The molecule has 7 nitrogen and oxygen atoms in total. The van der Waals surface area contributed by atoms with E-state index < -0.39 is 11.7 Å². The highest BCUT2D eigenvalue weighted by atomic mass is 19.1. The molecule has 0 aliphatic rings. The molecule has 0 unspecified atom stereocenters. The summed E-state index contributed by atoms with van der Waals surface area (Å²) >= 11 is 0. The van der Waals surface area contributed by atoms with Crippen LogP contribution in [0.4, 0.5) is 10.2 Å².